The van der Waals surface area contributed by atoms with E-state index in [1.807, 2.05) is 67.6 Å². The number of rotatable bonds is 8. The van der Waals surface area contributed by atoms with Crippen LogP contribution in [-0.2, 0) is 6.61 Å². The first kappa shape index (κ1) is 19.2. The summed E-state index contributed by atoms with van der Waals surface area (Å²) in [5.74, 6) is 0.985. The van der Waals surface area contributed by atoms with E-state index in [0.29, 0.717) is 24.5 Å². The number of hydrogen-bond acceptors (Lipinski definition) is 4. The first-order valence-corrected chi connectivity index (χ1v) is 9.08. The van der Waals surface area contributed by atoms with Gasteiger partial charge in [-0.1, -0.05) is 42.5 Å². The van der Waals surface area contributed by atoms with Crippen LogP contribution in [0.1, 0.15) is 28.4 Å². The lowest BCUT2D eigenvalue weighted by Gasteiger charge is -2.10. The van der Waals surface area contributed by atoms with Gasteiger partial charge >= 0.3 is 0 Å². The zero-order valence-electron chi connectivity index (χ0n) is 15.7. The van der Waals surface area contributed by atoms with Crippen LogP contribution < -0.4 is 14.9 Å². The summed E-state index contributed by atoms with van der Waals surface area (Å²) in [6, 6.07) is 24.4. The molecule has 0 aliphatic rings. The molecule has 0 aliphatic heterocycles. The van der Waals surface area contributed by atoms with E-state index in [1.165, 1.54) is 0 Å². The summed E-state index contributed by atoms with van der Waals surface area (Å²) in [6.07, 6.45) is 1.58. The smallest absolute Gasteiger partial charge is 0.275 e. The first-order chi connectivity index (χ1) is 13.8. The van der Waals surface area contributed by atoms with E-state index < -0.39 is 0 Å². The second-order valence-electron chi connectivity index (χ2n) is 5.97. The molecule has 3 aromatic carbocycles. The lowest BCUT2D eigenvalue weighted by atomic mass is 10.2. The van der Waals surface area contributed by atoms with Crippen LogP contribution in [0.4, 0.5) is 0 Å². The number of amides is 1. The molecule has 0 atom stereocenters. The molecule has 0 fully saturated rings. The molecule has 0 bridgehead atoms. The maximum Gasteiger partial charge on any atom is 0.275 e. The van der Waals surface area contributed by atoms with Gasteiger partial charge in [-0.15, -0.1) is 0 Å². The van der Waals surface area contributed by atoms with Crippen LogP contribution in [0.25, 0.3) is 0 Å². The van der Waals surface area contributed by atoms with Crippen molar-refractivity contribution in [2.75, 3.05) is 6.61 Å². The molecule has 1 amide bonds. The highest BCUT2D eigenvalue weighted by molar-refractivity contribution is 5.97. The SMILES string of the molecule is CCOc1ccc(/C=N/NC(=O)c2ccccc2OCc2ccccc2)cc1. The van der Waals surface area contributed by atoms with Crippen LogP contribution in [0.5, 0.6) is 11.5 Å². The Morgan fingerprint density at radius 2 is 1.64 bits per heavy atom. The van der Waals surface area contributed by atoms with Crippen molar-refractivity contribution in [2.24, 2.45) is 5.10 Å². The number of ether oxygens (including phenoxy) is 2. The first-order valence-electron chi connectivity index (χ1n) is 9.08. The van der Waals surface area contributed by atoms with Gasteiger partial charge in [0.15, 0.2) is 0 Å². The molecule has 28 heavy (non-hydrogen) atoms. The third-order valence-electron chi connectivity index (χ3n) is 3.94. The molecule has 0 saturated heterocycles. The van der Waals surface area contributed by atoms with Gasteiger partial charge < -0.3 is 9.47 Å². The Hall–Kier alpha value is -3.60. The fourth-order valence-electron chi connectivity index (χ4n) is 2.56. The predicted molar refractivity (Wildman–Crippen MR) is 110 cm³/mol. The second-order valence-corrected chi connectivity index (χ2v) is 5.97. The number of hydrogen-bond donors (Lipinski definition) is 1. The maximum absolute atomic E-state index is 12.5. The number of nitrogens with zero attached hydrogens (tertiary/aromatic N) is 1. The largest absolute Gasteiger partial charge is 0.494 e. The molecule has 5 heteroatoms. The minimum absolute atomic E-state index is 0.328. The van der Waals surface area contributed by atoms with Crippen molar-refractivity contribution in [3.63, 3.8) is 0 Å². The molecule has 5 nitrogen and oxygen atoms in total. The average molecular weight is 374 g/mol. The van der Waals surface area contributed by atoms with Crippen LogP contribution >= 0.6 is 0 Å². The van der Waals surface area contributed by atoms with Gasteiger partial charge in [-0.2, -0.15) is 5.10 Å². The highest BCUT2D eigenvalue weighted by Gasteiger charge is 2.11. The lowest BCUT2D eigenvalue weighted by Crippen LogP contribution is -2.18. The summed E-state index contributed by atoms with van der Waals surface area (Å²) in [5, 5.41) is 4.03. The third kappa shape index (κ3) is 5.45. The summed E-state index contributed by atoms with van der Waals surface area (Å²) in [6.45, 7) is 2.95. The molecule has 0 heterocycles. The molecular formula is C23H22N2O3. The van der Waals surface area contributed by atoms with Crippen LogP contribution in [-0.4, -0.2) is 18.7 Å². The van der Waals surface area contributed by atoms with Crippen molar-refractivity contribution in [1.29, 1.82) is 0 Å². The van der Waals surface area contributed by atoms with Crippen molar-refractivity contribution < 1.29 is 14.3 Å². The summed E-state index contributed by atoms with van der Waals surface area (Å²) in [7, 11) is 0. The lowest BCUT2D eigenvalue weighted by molar-refractivity contribution is 0.0950. The standard InChI is InChI=1S/C23H22N2O3/c1-2-27-20-14-12-18(13-15-20)16-24-25-23(26)21-10-6-7-11-22(21)28-17-19-8-4-3-5-9-19/h3-16H,2,17H2,1H3,(H,25,26)/b24-16+. The van der Waals surface area contributed by atoms with Gasteiger partial charge in [0.1, 0.15) is 18.1 Å². The van der Waals surface area contributed by atoms with Crippen LogP contribution in [0.15, 0.2) is 84.0 Å². The molecule has 0 saturated carbocycles. The van der Waals surface area contributed by atoms with Gasteiger partial charge in [0, 0.05) is 0 Å². The van der Waals surface area contributed by atoms with Gasteiger partial charge in [0.05, 0.1) is 18.4 Å². The van der Waals surface area contributed by atoms with Crippen molar-refractivity contribution in [3.8, 4) is 11.5 Å². The average Bonchev–Trinajstić information content (AvgIpc) is 2.74. The molecule has 0 unspecified atom stereocenters. The van der Waals surface area contributed by atoms with Crippen molar-refractivity contribution in [1.82, 2.24) is 5.43 Å². The number of para-hydroxylation sites is 1. The predicted octanol–water partition coefficient (Wildman–Crippen LogP) is 4.43. The van der Waals surface area contributed by atoms with Crippen LogP contribution in [0.2, 0.25) is 0 Å². The summed E-state index contributed by atoms with van der Waals surface area (Å²) in [4.78, 5) is 12.5. The minimum Gasteiger partial charge on any atom is -0.494 e. The van der Waals surface area contributed by atoms with Gasteiger partial charge in [-0.25, -0.2) is 5.43 Å². The number of hydrazone groups is 1. The fourth-order valence-corrected chi connectivity index (χ4v) is 2.56. The van der Waals surface area contributed by atoms with Gasteiger partial charge in [0.25, 0.3) is 5.91 Å². The number of benzene rings is 3. The topological polar surface area (TPSA) is 59.9 Å². The van der Waals surface area contributed by atoms with E-state index in [-0.39, 0.29) is 5.91 Å². The van der Waals surface area contributed by atoms with Crippen LogP contribution in [0.3, 0.4) is 0 Å². The van der Waals surface area contributed by atoms with E-state index in [0.717, 1.165) is 16.9 Å². The normalized spacial score (nSPS) is 10.6. The molecule has 142 valence electrons. The Morgan fingerprint density at radius 3 is 2.39 bits per heavy atom. The minimum atomic E-state index is -0.328. The monoisotopic (exact) mass is 374 g/mol. The van der Waals surface area contributed by atoms with E-state index in [9.17, 15) is 4.79 Å². The Balaban J connectivity index is 1.61. The summed E-state index contributed by atoms with van der Waals surface area (Å²) in [5.41, 5.74) is 4.87. The molecule has 3 rings (SSSR count). The molecule has 0 aromatic heterocycles. The zero-order chi connectivity index (χ0) is 19.6. The number of carbonyl (C=O) groups is 1. The van der Waals surface area contributed by atoms with Gasteiger partial charge in [-0.3, -0.25) is 4.79 Å². The number of nitrogens with one attached hydrogen (secondary N) is 1. The second kappa shape index (κ2) is 9.92. The Labute approximate surface area is 164 Å². The van der Waals surface area contributed by atoms with E-state index in [4.69, 9.17) is 9.47 Å². The molecule has 1 N–H and O–H groups in total. The van der Waals surface area contributed by atoms with E-state index >= 15 is 0 Å². The van der Waals surface area contributed by atoms with Gasteiger partial charge in [-0.05, 0) is 54.4 Å². The Morgan fingerprint density at radius 1 is 0.929 bits per heavy atom. The summed E-state index contributed by atoms with van der Waals surface area (Å²) >= 11 is 0. The van der Waals surface area contributed by atoms with Crippen molar-refractivity contribution in [2.45, 2.75) is 13.5 Å². The quantitative estimate of drug-likeness (QED) is 0.469. The van der Waals surface area contributed by atoms with E-state index in [2.05, 4.69) is 10.5 Å². The third-order valence-corrected chi connectivity index (χ3v) is 3.94. The zero-order valence-corrected chi connectivity index (χ0v) is 15.7. The highest BCUT2D eigenvalue weighted by Crippen LogP contribution is 2.19. The molecule has 0 aliphatic carbocycles. The maximum atomic E-state index is 12.5. The molecular weight excluding hydrogens is 352 g/mol. The summed E-state index contributed by atoms with van der Waals surface area (Å²) < 4.78 is 11.2. The molecule has 0 radical (unpaired) electrons. The number of carbonyl (C=O) groups excluding carboxylic acids is 1. The fraction of sp³-hybridized carbons (Fsp3) is 0.130. The molecule has 3 aromatic rings. The van der Waals surface area contributed by atoms with Crippen molar-refractivity contribution >= 4 is 12.1 Å². The van der Waals surface area contributed by atoms with E-state index in [1.54, 1.807) is 24.4 Å². The van der Waals surface area contributed by atoms with Crippen molar-refractivity contribution in [3.05, 3.63) is 95.6 Å². The Bertz CT molecular complexity index is 922. The Kier molecular flexibility index (Phi) is 6.79. The molecule has 0 spiro atoms. The van der Waals surface area contributed by atoms with Crippen LogP contribution in [0, 0.1) is 0 Å². The highest BCUT2D eigenvalue weighted by atomic mass is 16.5. The van der Waals surface area contributed by atoms with Gasteiger partial charge in [0.2, 0.25) is 0 Å².